The molecule has 0 bridgehead atoms. The Morgan fingerprint density at radius 2 is 1.81 bits per heavy atom. The van der Waals surface area contributed by atoms with E-state index >= 15 is 0 Å². The lowest BCUT2D eigenvalue weighted by Gasteiger charge is -2.21. The topological polar surface area (TPSA) is 25.2 Å². The van der Waals surface area contributed by atoms with E-state index in [1.165, 1.54) is 15.3 Å². The van der Waals surface area contributed by atoms with Crippen molar-refractivity contribution in [1.82, 2.24) is 5.32 Å². The number of hydrogen-bond acceptors (Lipinski definition) is 3. The first-order valence-electron chi connectivity index (χ1n) is 7.15. The normalized spacial score (nSPS) is 14.0. The van der Waals surface area contributed by atoms with Gasteiger partial charge in [0.25, 0.3) is 0 Å². The van der Waals surface area contributed by atoms with Gasteiger partial charge in [-0.2, -0.15) is 0 Å². The van der Waals surface area contributed by atoms with Gasteiger partial charge in [-0.05, 0) is 43.7 Å². The van der Waals surface area contributed by atoms with E-state index in [1.807, 2.05) is 29.5 Å². The Kier molecular flexibility index (Phi) is 4.23. The molecule has 1 N–H and O–H groups in total. The zero-order chi connectivity index (χ0) is 14.7. The van der Waals surface area contributed by atoms with Crippen LogP contribution in [-0.2, 0) is 0 Å². The van der Waals surface area contributed by atoms with Gasteiger partial charge in [-0.1, -0.05) is 30.3 Å². The average molecular weight is 297 g/mol. The van der Waals surface area contributed by atoms with Gasteiger partial charge in [0.15, 0.2) is 0 Å². The van der Waals surface area contributed by atoms with Gasteiger partial charge in [0.1, 0.15) is 5.76 Å². The molecule has 108 valence electrons. The molecule has 2 unspecified atom stereocenters. The highest BCUT2D eigenvalue weighted by molar-refractivity contribution is 7.12. The summed E-state index contributed by atoms with van der Waals surface area (Å²) in [4.78, 5) is 2.69. The molecule has 0 radical (unpaired) electrons. The summed E-state index contributed by atoms with van der Waals surface area (Å²) < 4.78 is 5.63. The molecule has 2 nitrogen and oxygen atoms in total. The van der Waals surface area contributed by atoms with Crippen molar-refractivity contribution in [3.05, 3.63) is 81.9 Å². The lowest BCUT2D eigenvalue weighted by atomic mass is 10.0. The fourth-order valence-corrected chi connectivity index (χ4v) is 3.35. The van der Waals surface area contributed by atoms with Crippen LogP contribution in [0.5, 0.6) is 0 Å². The molecule has 0 aliphatic carbocycles. The van der Waals surface area contributed by atoms with Crippen molar-refractivity contribution in [3.8, 4) is 0 Å². The Morgan fingerprint density at radius 3 is 2.43 bits per heavy atom. The predicted molar refractivity (Wildman–Crippen MR) is 87.6 cm³/mol. The summed E-state index contributed by atoms with van der Waals surface area (Å²) in [7, 11) is 0. The summed E-state index contributed by atoms with van der Waals surface area (Å²) in [6.45, 7) is 4.34. The van der Waals surface area contributed by atoms with E-state index in [9.17, 15) is 0 Å². The van der Waals surface area contributed by atoms with Gasteiger partial charge >= 0.3 is 0 Å². The SMILES string of the molecule is Cc1ccc(C(C)NC(c2ccccc2)c2ccco2)s1. The Bertz CT molecular complexity index is 672. The second-order valence-corrected chi connectivity index (χ2v) is 6.52. The van der Waals surface area contributed by atoms with Crippen LogP contribution in [0.3, 0.4) is 0 Å². The first-order chi connectivity index (χ1) is 10.2. The quantitative estimate of drug-likeness (QED) is 0.709. The van der Waals surface area contributed by atoms with Crippen LogP contribution >= 0.6 is 11.3 Å². The van der Waals surface area contributed by atoms with Gasteiger partial charge in [-0.15, -0.1) is 11.3 Å². The molecule has 0 saturated heterocycles. The van der Waals surface area contributed by atoms with Crippen molar-refractivity contribution in [2.45, 2.75) is 25.9 Å². The first kappa shape index (κ1) is 14.1. The van der Waals surface area contributed by atoms with Gasteiger partial charge < -0.3 is 4.42 Å². The summed E-state index contributed by atoms with van der Waals surface area (Å²) >= 11 is 1.84. The minimum Gasteiger partial charge on any atom is -0.467 e. The fraction of sp³-hybridized carbons (Fsp3) is 0.222. The molecule has 2 aromatic heterocycles. The Labute approximate surface area is 129 Å². The molecule has 21 heavy (non-hydrogen) atoms. The molecule has 0 fully saturated rings. The largest absolute Gasteiger partial charge is 0.467 e. The second kappa shape index (κ2) is 6.29. The molecule has 0 spiro atoms. The number of nitrogens with one attached hydrogen (secondary N) is 1. The third-order valence-corrected chi connectivity index (χ3v) is 4.75. The first-order valence-corrected chi connectivity index (χ1v) is 7.96. The molecule has 1 aromatic carbocycles. The van der Waals surface area contributed by atoms with Crippen LogP contribution in [0.25, 0.3) is 0 Å². The Balaban J connectivity index is 1.86. The maximum absolute atomic E-state index is 5.63. The van der Waals surface area contributed by atoms with Crippen molar-refractivity contribution in [2.24, 2.45) is 0 Å². The predicted octanol–water partition coefficient (Wildman–Crippen LogP) is 5.09. The summed E-state index contributed by atoms with van der Waals surface area (Å²) in [6, 6.07) is 19.1. The molecule has 0 saturated carbocycles. The standard InChI is InChI=1S/C18H19NOS/c1-13-10-11-17(21-13)14(2)19-18(16-9-6-12-20-16)15-7-4-3-5-8-15/h3-12,14,18-19H,1-2H3. The summed E-state index contributed by atoms with van der Waals surface area (Å²) in [5, 5.41) is 3.68. The maximum Gasteiger partial charge on any atom is 0.125 e. The Morgan fingerprint density at radius 1 is 1.00 bits per heavy atom. The van der Waals surface area contributed by atoms with E-state index in [1.54, 1.807) is 6.26 Å². The van der Waals surface area contributed by atoms with E-state index in [-0.39, 0.29) is 12.1 Å². The molecule has 3 rings (SSSR count). The van der Waals surface area contributed by atoms with Crippen LogP contribution < -0.4 is 5.32 Å². The van der Waals surface area contributed by atoms with Crippen LogP contribution in [0.15, 0.2) is 65.3 Å². The summed E-state index contributed by atoms with van der Waals surface area (Å²) in [6.07, 6.45) is 1.73. The number of rotatable bonds is 5. The Hall–Kier alpha value is -1.84. The molecule has 0 aliphatic rings. The van der Waals surface area contributed by atoms with Gasteiger partial charge in [-0.3, -0.25) is 5.32 Å². The lowest BCUT2D eigenvalue weighted by Crippen LogP contribution is -2.24. The maximum atomic E-state index is 5.63. The molecular weight excluding hydrogens is 278 g/mol. The zero-order valence-electron chi connectivity index (χ0n) is 12.2. The third kappa shape index (κ3) is 3.26. The highest BCUT2D eigenvalue weighted by Crippen LogP contribution is 2.29. The lowest BCUT2D eigenvalue weighted by molar-refractivity contribution is 0.421. The number of thiophene rings is 1. The average Bonchev–Trinajstić information content (AvgIpc) is 3.17. The molecule has 2 heterocycles. The molecule has 3 aromatic rings. The fourth-order valence-electron chi connectivity index (χ4n) is 2.46. The van der Waals surface area contributed by atoms with Crippen molar-refractivity contribution in [3.63, 3.8) is 0 Å². The molecule has 0 amide bonds. The highest BCUT2D eigenvalue weighted by atomic mass is 32.1. The molecule has 3 heteroatoms. The van der Waals surface area contributed by atoms with Crippen LogP contribution in [0.4, 0.5) is 0 Å². The number of benzene rings is 1. The van der Waals surface area contributed by atoms with Crippen LogP contribution in [0, 0.1) is 6.92 Å². The summed E-state index contributed by atoms with van der Waals surface area (Å²) in [5.41, 5.74) is 1.22. The van der Waals surface area contributed by atoms with Gasteiger partial charge in [-0.25, -0.2) is 0 Å². The van der Waals surface area contributed by atoms with E-state index < -0.39 is 0 Å². The second-order valence-electron chi connectivity index (χ2n) is 5.20. The highest BCUT2D eigenvalue weighted by Gasteiger charge is 2.20. The van der Waals surface area contributed by atoms with Gasteiger partial charge in [0.05, 0.1) is 12.3 Å². The van der Waals surface area contributed by atoms with E-state index in [2.05, 4.69) is 55.6 Å². The van der Waals surface area contributed by atoms with Crippen molar-refractivity contribution >= 4 is 11.3 Å². The molecule has 0 aliphatic heterocycles. The zero-order valence-corrected chi connectivity index (χ0v) is 13.1. The van der Waals surface area contributed by atoms with Crippen molar-refractivity contribution in [1.29, 1.82) is 0 Å². The van der Waals surface area contributed by atoms with Crippen molar-refractivity contribution in [2.75, 3.05) is 0 Å². The number of furan rings is 1. The van der Waals surface area contributed by atoms with E-state index in [0.717, 1.165) is 5.76 Å². The van der Waals surface area contributed by atoms with Gasteiger partial charge in [0, 0.05) is 15.8 Å². The van der Waals surface area contributed by atoms with Crippen molar-refractivity contribution < 1.29 is 4.42 Å². The van der Waals surface area contributed by atoms with E-state index in [4.69, 9.17) is 4.42 Å². The minimum absolute atomic E-state index is 0.0682. The minimum atomic E-state index is 0.0682. The number of aryl methyl sites for hydroxylation is 1. The van der Waals surface area contributed by atoms with Crippen LogP contribution in [0.2, 0.25) is 0 Å². The van der Waals surface area contributed by atoms with Gasteiger partial charge in [0.2, 0.25) is 0 Å². The van der Waals surface area contributed by atoms with Crippen LogP contribution in [0.1, 0.15) is 40.1 Å². The molecular formula is C18H19NOS. The third-order valence-electron chi connectivity index (χ3n) is 3.57. The smallest absolute Gasteiger partial charge is 0.125 e. The summed E-state index contributed by atoms with van der Waals surface area (Å²) in [5.74, 6) is 0.946. The number of hydrogen-bond donors (Lipinski definition) is 1. The molecule has 2 atom stereocenters. The van der Waals surface area contributed by atoms with E-state index in [0.29, 0.717) is 0 Å². The van der Waals surface area contributed by atoms with Crippen LogP contribution in [-0.4, -0.2) is 0 Å². The monoisotopic (exact) mass is 297 g/mol.